The van der Waals surface area contributed by atoms with E-state index in [-0.39, 0.29) is 28.8 Å². The van der Waals surface area contributed by atoms with E-state index in [1.165, 1.54) is 11.8 Å². The van der Waals surface area contributed by atoms with Gasteiger partial charge in [-0.05, 0) is 35.2 Å². The number of benzene rings is 2. The molecule has 6 heteroatoms. The lowest BCUT2D eigenvalue weighted by Gasteiger charge is -2.23. The fourth-order valence-electron chi connectivity index (χ4n) is 2.46. The molecule has 0 fully saturated rings. The number of nitrogens with one attached hydrogen (secondary N) is 1. The van der Waals surface area contributed by atoms with Gasteiger partial charge < -0.3 is 10.2 Å². The quantitative estimate of drug-likeness (QED) is 0.768. The summed E-state index contributed by atoms with van der Waals surface area (Å²) >= 11 is 12.0. The minimum Gasteiger partial charge on any atom is -0.323 e. The SMILES string of the molecule is CC(=O)N(CC(=O)Nc1cccc(Cl)c1Cl)c1ccc(C(C)(C)C)cc1. The lowest BCUT2D eigenvalue weighted by molar-refractivity contribution is -0.120. The molecule has 138 valence electrons. The molecule has 0 spiro atoms. The average molecular weight is 393 g/mol. The number of anilines is 2. The van der Waals surface area contributed by atoms with E-state index in [1.54, 1.807) is 18.2 Å². The van der Waals surface area contributed by atoms with Gasteiger partial charge in [0.1, 0.15) is 6.54 Å². The van der Waals surface area contributed by atoms with Crippen LogP contribution in [0.25, 0.3) is 0 Å². The van der Waals surface area contributed by atoms with Crippen molar-refractivity contribution in [2.45, 2.75) is 33.1 Å². The van der Waals surface area contributed by atoms with Crippen LogP contribution in [-0.2, 0) is 15.0 Å². The van der Waals surface area contributed by atoms with Crippen molar-refractivity contribution in [2.24, 2.45) is 0 Å². The Morgan fingerprint density at radius 1 is 1.04 bits per heavy atom. The first kappa shape index (κ1) is 20.3. The Hall–Kier alpha value is -2.04. The number of carbonyl (C=O) groups excluding carboxylic acids is 2. The zero-order chi connectivity index (χ0) is 19.5. The predicted octanol–water partition coefficient (Wildman–Crippen LogP) is 5.28. The van der Waals surface area contributed by atoms with Gasteiger partial charge >= 0.3 is 0 Å². The van der Waals surface area contributed by atoms with Gasteiger partial charge in [0.15, 0.2) is 0 Å². The monoisotopic (exact) mass is 392 g/mol. The maximum atomic E-state index is 12.4. The second-order valence-corrected chi connectivity index (χ2v) is 7.84. The molecule has 2 aromatic carbocycles. The highest BCUT2D eigenvalue weighted by Gasteiger charge is 2.19. The molecule has 0 saturated carbocycles. The summed E-state index contributed by atoms with van der Waals surface area (Å²) < 4.78 is 0. The van der Waals surface area contributed by atoms with Gasteiger partial charge in [-0.3, -0.25) is 9.59 Å². The molecule has 0 bridgehead atoms. The fraction of sp³-hybridized carbons (Fsp3) is 0.300. The van der Waals surface area contributed by atoms with Crippen LogP contribution in [0.3, 0.4) is 0 Å². The van der Waals surface area contributed by atoms with Gasteiger partial charge in [0.2, 0.25) is 11.8 Å². The Morgan fingerprint density at radius 2 is 1.65 bits per heavy atom. The smallest absolute Gasteiger partial charge is 0.244 e. The number of hydrogen-bond donors (Lipinski definition) is 1. The Morgan fingerprint density at radius 3 is 2.19 bits per heavy atom. The molecular formula is C20H22Cl2N2O2. The Bertz CT molecular complexity index is 812. The van der Waals surface area contributed by atoms with E-state index in [0.717, 1.165) is 5.56 Å². The van der Waals surface area contributed by atoms with E-state index in [9.17, 15) is 9.59 Å². The molecule has 2 aromatic rings. The van der Waals surface area contributed by atoms with Crippen molar-refractivity contribution in [1.29, 1.82) is 0 Å². The number of hydrogen-bond acceptors (Lipinski definition) is 2. The molecule has 2 rings (SSSR count). The molecule has 0 aliphatic heterocycles. The van der Waals surface area contributed by atoms with Gasteiger partial charge in [-0.15, -0.1) is 0 Å². The minimum absolute atomic E-state index is 0.0142. The summed E-state index contributed by atoms with van der Waals surface area (Å²) in [7, 11) is 0. The molecule has 0 aliphatic rings. The van der Waals surface area contributed by atoms with Crippen molar-refractivity contribution >= 4 is 46.4 Å². The molecule has 4 nitrogen and oxygen atoms in total. The van der Waals surface area contributed by atoms with Crippen molar-refractivity contribution in [3.63, 3.8) is 0 Å². The third kappa shape index (κ3) is 4.99. The zero-order valence-electron chi connectivity index (χ0n) is 15.3. The number of amides is 2. The highest BCUT2D eigenvalue weighted by Crippen LogP contribution is 2.29. The van der Waals surface area contributed by atoms with Crippen molar-refractivity contribution < 1.29 is 9.59 Å². The largest absolute Gasteiger partial charge is 0.323 e. The second-order valence-electron chi connectivity index (χ2n) is 7.05. The average Bonchev–Trinajstić information content (AvgIpc) is 2.56. The standard InChI is InChI=1S/C20H22Cl2N2O2/c1-13(25)24(15-10-8-14(9-11-15)20(2,3)4)12-18(26)23-17-7-5-6-16(21)19(17)22/h5-11H,12H2,1-4H3,(H,23,26). The lowest BCUT2D eigenvalue weighted by Crippen LogP contribution is -2.36. The van der Waals surface area contributed by atoms with Crippen molar-refractivity contribution in [3.8, 4) is 0 Å². The normalized spacial score (nSPS) is 11.2. The van der Waals surface area contributed by atoms with E-state index in [1.807, 2.05) is 24.3 Å². The topological polar surface area (TPSA) is 49.4 Å². The van der Waals surface area contributed by atoms with E-state index >= 15 is 0 Å². The summed E-state index contributed by atoms with van der Waals surface area (Å²) in [5.74, 6) is -0.579. The first-order chi connectivity index (χ1) is 12.1. The Kier molecular flexibility index (Phi) is 6.32. The predicted molar refractivity (Wildman–Crippen MR) is 108 cm³/mol. The first-order valence-electron chi connectivity index (χ1n) is 8.22. The number of rotatable bonds is 4. The van der Waals surface area contributed by atoms with Crippen LogP contribution in [-0.4, -0.2) is 18.4 Å². The van der Waals surface area contributed by atoms with Gasteiger partial charge in [0, 0.05) is 12.6 Å². The lowest BCUT2D eigenvalue weighted by atomic mass is 9.87. The van der Waals surface area contributed by atoms with E-state index in [2.05, 4.69) is 26.1 Å². The summed E-state index contributed by atoms with van der Waals surface area (Å²) in [6.07, 6.45) is 0. The summed E-state index contributed by atoms with van der Waals surface area (Å²) in [5.41, 5.74) is 2.24. The molecule has 26 heavy (non-hydrogen) atoms. The second kappa shape index (κ2) is 8.11. The Balaban J connectivity index is 2.16. The van der Waals surface area contributed by atoms with Crippen LogP contribution in [0.1, 0.15) is 33.3 Å². The highest BCUT2D eigenvalue weighted by molar-refractivity contribution is 6.44. The summed E-state index contributed by atoms with van der Waals surface area (Å²) in [5, 5.41) is 3.31. The van der Waals surface area contributed by atoms with Crippen molar-refractivity contribution in [3.05, 3.63) is 58.1 Å². The molecule has 0 unspecified atom stereocenters. The number of nitrogens with zero attached hydrogens (tertiary/aromatic N) is 1. The molecule has 2 amide bonds. The van der Waals surface area contributed by atoms with Crippen LogP contribution < -0.4 is 10.2 Å². The molecule has 0 atom stereocenters. The third-order valence-electron chi connectivity index (χ3n) is 3.95. The molecule has 0 aromatic heterocycles. The highest BCUT2D eigenvalue weighted by atomic mass is 35.5. The summed E-state index contributed by atoms with van der Waals surface area (Å²) in [4.78, 5) is 25.8. The molecule has 0 aliphatic carbocycles. The molecular weight excluding hydrogens is 371 g/mol. The van der Waals surface area contributed by atoms with Crippen LogP contribution in [0.2, 0.25) is 10.0 Å². The van der Waals surface area contributed by atoms with Crippen LogP contribution in [0.5, 0.6) is 0 Å². The first-order valence-corrected chi connectivity index (χ1v) is 8.97. The van der Waals surface area contributed by atoms with E-state index in [0.29, 0.717) is 16.4 Å². The minimum atomic E-state index is -0.357. The third-order valence-corrected chi connectivity index (χ3v) is 4.77. The fourth-order valence-corrected chi connectivity index (χ4v) is 2.81. The van der Waals surface area contributed by atoms with Crippen LogP contribution in [0.4, 0.5) is 11.4 Å². The molecule has 0 radical (unpaired) electrons. The van der Waals surface area contributed by atoms with Gasteiger partial charge in [-0.25, -0.2) is 0 Å². The molecule has 0 saturated heterocycles. The van der Waals surface area contributed by atoms with Crippen molar-refractivity contribution in [2.75, 3.05) is 16.8 Å². The zero-order valence-corrected chi connectivity index (χ0v) is 16.8. The Labute approximate surface area is 164 Å². The van der Waals surface area contributed by atoms with Crippen LogP contribution in [0.15, 0.2) is 42.5 Å². The van der Waals surface area contributed by atoms with Crippen molar-refractivity contribution in [1.82, 2.24) is 0 Å². The summed E-state index contributed by atoms with van der Waals surface area (Å²) in [6, 6.07) is 12.6. The molecule has 0 heterocycles. The van der Waals surface area contributed by atoms with Crippen LogP contribution >= 0.6 is 23.2 Å². The number of carbonyl (C=O) groups is 2. The molecule has 1 N–H and O–H groups in total. The number of halogens is 2. The van der Waals surface area contributed by atoms with Crippen LogP contribution in [0, 0.1) is 0 Å². The van der Waals surface area contributed by atoms with E-state index < -0.39 is 0 Å². The maximum absolute atomic E-state index is 12.4. The van der Waals surface area contributed by atoms with E-state index in [4.69, 9.17) is 23.2 Å². The van der Waals surface area contributed by atoms with Gasteiger partial charge in [0.25, 0.3) is 0 Å². The maximum Gasteiger partial charge on any atom is 0.244 e. The van der Waals surface area contributed by atoms with Gasteiger partial charge in [-0.2, -0.15) is 0 Å². The van der Waals surface area contributed by atoms with Gasteiger partial charge in [0.05, 0.1) is 15.7 Å². The van der Waals surface area contributed by atoms with Gasteiger partial charge in [-0.1, -0.05) is 62.2 Å². The summed E-state index contributed by atoms with van der Waals surface area (Å²) in [6.45, 7) is 7.66.